The lowest BCUT2D eigenvalue weighted by Gasteiger charge is -2.35. The fourth-order valence-electron chi connectivity index (χ4n) is 2.12. The molecular weight excluding hydrogens is 220 g/mol. The van der Waals surface area contributed by atoms with Crippen LogP contribution in [0.2, 0.25) is 0 Å². The van der Waals surface area contributed by atoms with E-state index in [2.05, 4.69) is 37.5 Å². The predicted molar refractivity (Wildman–Crippen MR) is 83.1 cm³/mol. The SMILES string of the molecule is CC.CC(C)CCN1CCN(CCC(C)C)CC1. The highest BCUT2D eigenvalue weighted by atomic mass is 15.3. The van der Waals surface area contributed by atoms with Crippen LogP contribution in [-0.2, 0) is 0 Å². The quantitative estimate of drug-likeness (QED) is 0.714. The third-order valence-corrected chi connectivity index (χ3v) is 3.51. The van der Waals surface area contributed by atoms with Gasteiger partial charge in [0.2, 0.25) is 0 Å². The molecule has 0 atom stereocenters. The monoisotopic (exact) mass is 256 g/mol. The second kappa shape index (κ2) is 10.8. The van der Waals surface area contributed by atoms with Gasteiger partial charge in [-0.3, -0.25) is 0 Å². The molecule has 1 fully saturated rings. The molecule has 0 aromatic rings. The number of hydrogen-bond donors (Lipinski definition) is 0. The third kappa shape index (κ3) is 8.93. The summed E-state index contributed by atoms with van der Waals surface area (Å²) in [6.45, 7) is 21.0. The molecule has 0 spiro atoms. The van der Waals surface area contributed by atoms with Crippen molar-refractivity contribution in [3.8, 4) is 0 Å². The molecule has 1 rings (SSSR count). The fourth-order valence-corrected chi connectivity index (χ4v) is 2.12. The second-order valence-corrected chi connectivity index (χ2v) is 6.05. The smallest absolute Gasteiger partial charge is 0.0110 e. The summed E-state index contributed by atoms with van der Waals surface area (Å²) in [6, 6.07) is 0. The van der Waals surface area contributed by atoms with Crippen molar-refractivity contribution < 1.29 is 0 Å². The van der Waals surface area contributed by atoms with Crippen LogP contribution < -0.4 is 0 Å². The van der Waals surface area contributed by atoms with E-state index in [9.17, 15) is 0 Å². The van der Waals surface area contributed by atoms with Crippen molar-refractivity contribution in [3.63, 3.8) is 0 Å². The van der Waals surface area contributed by atoms with Crippen LogP contribution in [0.3, 0.4) is 0 Å². The summed E-state index contributed by atoms with van der Waals surface area (Å²) >= 11 is 0. The maximum Gasteiger partial charge on any atom is 0.0110 e. The highest BCUT2D eigenvalue weighted by Gasteiger charge is 2.16. The molecule has 18 heavy (non-hydrogen) atoms. The largest absolute Gasteiger partial charge is 0.301 e. The Hall–Kier alpha value is -0.0800. The minimum Gasteiger partial charge on any atom is -0.301 e. The van der Waals surface area contributed by atoms with Gasteiger partial charge in [0.15, 0.2) is 0 Å². The average molecular weight is 256 g/mol. The summed E-state index contributed by atoms with van der Waals surface area (Å²) in [4.78, 5) is 5.26. The van der Waals surface area contributed by atoms with Gasteiger partial charge in [0, 0.05) is 26.2 Å². The summed E-state index contributed by atoms with van der Waals surface area (Å²) in [6.07, 6.45) is 2.71. The zero-order valence-electron chi connectivity index (χ0n) is 13.7. The minimum absolute atomic E-state index is 0.846. The molecule has 2 heteroatoms. The molecule has 0 amide bonds. The van der Waals surface area contributed by atoms with Crippen LogP contribution in [0.1, 0.15) is 54.4 Å². The molecule has 0 N–H and O–H groups in total. The Morgan fingerprint density at radius 3 is 1.17 bits per heavy atom. The van der Waals surface area contributed by atoms with Crippen molar-refractivity contribution in [1.29, 1.82) is 0 Å². The van der Waals surface area contributed by atoms with Crippen LogP contribution in [0.5, 0.6) is 0 Å². The van der Waals surface area contributed by atoms with Gasteiger partial charge in [-0.25, -0.2) is 0 Å². The molecule has 0 aromatic carbocycles. The van der Waals surface area contributed by atoms with E-state index in [-0.39, 0.29) is 0 Å². The maximum absolute atomic E-state index is 2.63. The Morgan fingerprint density at radius 2 is 0.944 bits per heavy atom. The van der Waals surface area contributed by atoms with E-state index in [4.69, 9.17) is 0 Å². The van der Waals surface area contributed by atoms with Gasteiger partial charge in [0.05, 0.1) is 0 Å². The molecule has 0 saturated carbocycles. The topological polar surface area (TPSA) is 6.48 Å². The summed E-state index contributed by atoms with van der Waals surface area (Å²) in [7, 11) is 0. The van der Waals surface area contributed by atoms with Gasteiger partial charge in [-0.05, 0) is 37.8 Å². The number of nitrogens with zero attached hydrogens (tertiary/aromatic N) is 2. The van der Waals surface area contributed by atoms with E-state index in [0.717, 1.165) is 11.8 Å². The van der Waals surface area contributed by atoms with Gasteiger partial charge in [0.25, 0.3) is 0 Å². The van der Waals surface area contributed by atoms with Crippen molar-refractivity contribution in [1.82, 2.24) is 9.80 Å². The molecule has 1 heterocycles. The number of hydrogen-bond acceptors (Lipinski definition) is 2. The number of piperazine rings is 1. The lowest BCUT2D eigenvalue weighted by molar-refractivity contribution is 0.124. The standard InChI is InChI=1S/C14H30N2.C2H6/c1-13(2)5-7-15-9-11-16(12-10-15)8-6-14(3)4;1-2/h13-14H,5-12H2,1-4H3;1-2H3. The fraction of sp³-hybridized carbons (Fsp3) is 1.00. The van der Waals surface area contributed by atoms with E-state index in [1.54, 1.807) is 0 Å². The first-order valence-electron chi connectivity index (χ1n) is 8.02. The van der Waals surface area contributed by atoms with Crippen molar-refractivity contribution in [2.24, 2.45) is 11.8 Å². The molecule has 2 nitrogen and oxygen atoms in total. The third-order valence-electron chi connectivity index (χ3n) is 3.51. The first-order valence-corrected chi connectivity index (χ1v) is 8.02. The van der Waals surface area contributed by atoms with Crippen LogP contribution in [0.15, 0.2) is 0 Å². The zero-order chi connectivity index (χ0) is 14.0. The van der Waals surface area contributed by atoms with Crippen LogP contribution >= 0.6 is 0 Å². The van der Waals surface area contributed by atoms with Crippen LogP contribution in [0.4, 0.5) is 0 Å². The molecule has 1 aliphatic heterocycles. The maximum atomic E-state index is 2.63. The summed E-state index contributed by atoms with van der Waals surface area (Å²) in [5, 5.41) is 0. The van der Waals surface area contributed by atoms with Gasteiger partial charge in [0.1, 0.15) is 0 Å². The molecule has 0 bridgehead atoms. The molecule has 1 saturated heterocycles. The molecule has 0 aromatic heterocycles. The second-order valence-electron chi connectivity index (χ2n) is 6.05. The van der Waals surface area contributed by atoms with E-state index in [1.807, 2.05) is 13.8 Å². The van der Waals surface area contributed by atoms with Gasteiger partial charge in [-0.2, -0.15) is 0 Å². The van der Waals surface area contributed by atoms with Gasteiger partial charge < -0.3 is 9.80 Å². The Morgan fingerprint density at radius 1 is 0.667 bits per heavy atom. The molecule has 1 aliphatic rings. The Balaban J connectivity index is 0.00000137. The Kier molecular flexibility index (Phi) is 10.8. The molecule has 110 valence electrons. The predicted octanol–water partition coefficient (Wildman–Crippen LogP) is 3.72. The van der Waals surface area contributed by atoms with Crippen molar-refractivity contribution in [2.75, 3.05) is 39.3 Å². The molecule has 0 radical (unpaired) electrons. The van der Waals surface area contributed by atoms with Crippen molar-refractivity contribution >= 4 is 0 Å². The normalized spacial score (nSPS) is 18.0. The van der Waals surface area contributed by atoms with Crippen molar-refractivity contribution in [2.45, 2.75) is 54.4 Å². The van der Waals surface area contributed by atoms with Crippen LogP contribution in [0.25, 0.3) is 0 Å². The minimum atomic E-state index is 0.846. The van der Waals surface area contributed by atoms with Crippen molar-refractivity contribution in [3.05, 3.63) is 0 Å². The van der Waals surface area contributed by atoms with Gasteiger partial charge in [-0.1, -0.05) is 41.5 Å². The van der Waals surface area contributed by atoms with Gasteiger partial charge in [-0.15, -0.1) is 0 Å². The van der Waals surface area contributed by atoms with Gasteiger partial charge >= 0.3 is 0 Å². The highest BCUT2D eigenvalue weighted by molar-refractivity contribution is 4.72. The lowest BCUT2D eigenvalue weighted by atomic mass is 10.1. The highest BCUT2D eigenvalue weighted by Crippen LogP contribution is 2.08. The lowest BCUT2D eigenvalue weighted by Crippen LogP contribution is -2.47. The molecular formula is C16H36N2. The van der Waals surface area contributed by atoms with E-state index in [1.165, 1.54) is 52.1 Å². The summed E-state index contributed by atoms with van der Waals surface area (Å²) in [5.74, 6) is 1.69. The van der Waals surface area contributed by atoms with E-state index >= 15 is 0 Å². The Bertz CT molecular complexity index is 150. The summed E-state index contributed by atoms with van der Waals surface area (Å²) < 4.78 is 0. The van der Waals surface area contributed by atoms with E-state index in [0.29, 0.717) is 0 Å². The molecule has 0 unspecified atom stereocenters. The van der Waals surface area contributed by atoms with Crippen LogP contribution in [-0.4, -0.2) is 49.1 Å². The average Bonchev–Trinajstić information content (AvgIpc) is 2.37. The first kappa shape index (κ1) is 17.9. The van der Waals surface area contributed by atoms with Crippen LogP contribution in [0, 0.1) is 11.8 Å². The first-order chi connectivity index (χ1) is 8.58. The molecule has 0 aliphatic carbocycles. The zero-order valence-corrected chi connectivity index (χ0v) is 13.7. The van der Waals surface area contributed by atoms with E-state index < -0.39 is 0 Å². The number of rotatable bonds is 6. The Labute approximate surface area is 116 Å². The summed E-state index contributed by atoms with van der Waals surface area (Å²) in [5.41, 5.74) is 0.